The molecule has 3 rings (SSSR count). The highest BCUT2D eigenvalue weighted by Gasteiger charge is 2.32. The van der Waals surface area contributed by atoms with Gasteiger partial charge in [0, 0.05) is 22.0 Å². The Balaban J connectivity index is 1.99. The molecule has 0 spiro atoms. The van der Waals surface area contributed by atoms with Crippen LogP contribution in [0.3, 0.4) is 0 Å². The summed E-state index contributed by atoms with van der Waals surface area (Å²) in [6.45, 7) is 3.85. The van der Waals surface area contributed by atoms with Crippen LogP contribution < -0.4 is 9.62 Å². The van der Waals surface area contributed by atoms with Gasteiger partial charge < -0.3 is 10.2 Å². The van der Waals surface area contributed by atoms with Gasteiger partial charge in [0.2, 0.25) is 11.8 Å². The van der Waals surface area contributed by atoms with Crippen LogP contribution in [-0.2, 0) is 26.2 Å². The molecule has 0 radical (unpaired) electrons. The number of sulfonamides is 1. The van der Waals surface area contributed by atoms with Crippen LogP contribution in [0.5, 0.6) is 0 Å². The molecule has 1 atom stereocenters. The third-order valence-corrected chi connectivity index (χ3v) is 8.72. The predicted octanol–water partition coefficient (Wildman–Crippen LogP) is 5.74. The van der Waals surface area contributed by atoms with Gasteiger partial charge in [-0.25, -0.2) is 8.42 Å². The third-order valence-electron chi connectivity index (χ3n) is 5.95. The average molecular weight is 665 g/mol. The molecule has 1 N–H and O–H groups in total. The fraction of sp³-hybridized carbons (Fsp3) is 0.286. The number of halogens is 2. The van der Waals surface area contributed by atoms with E-state index in [0.29, 0.717) is 16.7 Å². The lowest BCUT2D eigenvalue weighted by atomic mass is 10.1. The predicted molar refractivity (Wildman–Crippen MR) is 157 cm³/mol. The van der Waals surface area contributed by atoms with Gasteiger partial charge in [0.15, 0.2) is 0 Å². The van der Waals surface area contributed by atoms with Crippen LogP contribution in [0.1, 0.15) is 32.3 Å². The van der Waals surface area contributed by atoms with Crippen molar-refractivity contribution in [1.82, 2.24) is 10.2 Å². The zero-order valence-electron chi connectivity index (χ0n) is 21.3. The lowest BCUT2D eigenvalue weighted by Crippen LogP contribution is -2.51. The first-order chi connectivity index (χ1) is 18.1. The third kappa shape index (κ3) is 7.91. The molecular weight excluding hydrogens is 634 g/mol. The van der Waals surface area contributed by atoms with Crippen LogP contribution in [0.4, 0.5) is 5.69 Å². The summed E-state index contributed by atoms with van der Waals surface area (Å²) in [6, 6.07) is 21.4. The number of hydrogen-bond acceptors (Lipinski definition) is 4. The lowest BCUT2D eigenvalue weighted by molar-refractivity contribution is -0.139. The molecule has 0 saturated heterocycles. The Hall–Kier alpha value is -2.69. The van der Waals surface area contributed by atoms with Gasteiger partial charge in [-0.15, -0.1) is 0 Å². The van der Waals surface area contributed by atoms with Gasteiger partial charge in [0.05, 0.1) is 10.6 Å². The van der Waals surface area contributed by atoms with E-state index in [1.165, 1.54) is 17.0 Å². The van der Waals surface area contributed by atoms with E-state index in [4.69, 9.17) is 0 Å². The Labute approximate surface area is 241 Å². The van der Waals surface area contributed by atoms with E-state index in [-0.39, 0.29) is 17.3 Å². The first kappa shape index (κ1) is 29.9. The molecule has 3 aromatic rings. The number of benzene rings is 3. The molecule has 2 amide bonds. The largest absolute Gasteiger partial charge is 0.354 e. The van der Waals surface area contributed by atoms with E-state index in [1.54, 1.807) is 49.4 Å². The minimum absolute atomic E-state index is 0.0664. The standard InChI is InChI=1S/C28H31Br2N3O4S/c1-3-4-16-31-28(35)21(2)32(19-22-10-8-11-23(29)17-22)27(34)20-33(25-13-9-12-24(30)18-25)38(36,37)26-14-6-5-7-15-26/h5-15,17-18,21H,3-4,16,19-20H2,1-2H3,(H,31,35)/t21-/m0/s1. The van der Waals surface area contributed by atoms with Crippen LogP contribution in [0.2, 0.25) is 0 Å². The molecule has 7 nitrogen and oxygen atoms in total. The highest BCUT2D eigenvalue weighted by Crippen LogP contribution is 2.27. The van der Waals surface area contributed by atoms with Crippen LogP contribution >= 0.6 is 31.9 Å². The Kier molecular flexibility index (Phi) is 10.9. The Morgan fingerprint density at radius 3 is 2.21 bits per heavy atom. The fourth-order valence-electron chi connectivity index (χ4n) is 3.83. The molecule has 0 unspecified atom stereocenters. The molecule has 10 heteroatoms. The van der Waals surface area contributed by atoms with Gasteiger partial charge in [-0.3, -0.25) is 13.9 Å². The first-order valence-electron chi connectivity index (χ1n) is 12.3. The molecule has 0 bridgehead atoms. The van der Waals surface area contributed by atoms with Gasteiger partial charge in [-0.1, -0.05) is 81.6 Å². The zero-order valence-corrected chi connectivity index (χ0v) is 25.3. The molecule has 202 valence electrons. The number of hydrogen-bond donors (Lipinski definition) is 1. The normalized spacial score (nSPS) is 12.0. The second kappa shape index (κ2) is 13.9. The van der Waals surface area contributed by atoms with Crippen molar-refractivity contribution in [1.29, 1.82) is 0 Å². The summed E-state index contributed by atoms with van der Waals surface area (Å²) < 4.78 is 30.1. The first-order valence-corrected chi connectivity index (χ1v) is 15.3. The van der Waals surface area contributed by atoms with Crippen molar-refractivity contribution in [3.8, 4) is 0 Å². The van der Waals surface area contributed by atoms with Crippen molar-refractivity contribution in [3.63, 3.8) is 0 Å². The fourth-order valence-corrected chi connectivity index (χ4v) is 6.09. The average Bonchev–Trinajstić information content (AvgIpc) is 2.90. The Morgan fingerprint density at radius 2 is 1.58 bits per heavy atom. The van der Waals surface area contributed by atoms with E-state index in [0.717, 1.165) is 27.2 Å². The monoisotopic (exact) mass is 663 g/mol. The smallest absolute Gasteiger partial charge is 0.264 e. The molecule has 0 fully saturated rings. The van der Waals surface area contributed by atoms with Gasteiger partial charge in [0.1, 0.15) is 12.6 Å². The van der Waals surface area contributed by atoms with Crippen molar-refractivity contribution in [2.24, 2.45) is 0 Å². The molecule has 38 heavy (non-hydrogen) atoms. The Morgan fingerprint density at radius 1 is 0.921 bits per heavy atom. The molecule has 0 heterocycles. The maximum absolute atomic E-state index is 13.9. The minimum atomic E-state index is -4.09. The summed E-state index contributed by atoms with van der Waals surface area (Å²) in [7, 11) is -4.09. The van der Waals surface area contributed by atoms with Gasteiger partial charge in [-0.2, -0.15) is 0 Å². The van der Waals surface area contributed by atoms with Crippen molar-refractivity contribution >= 4 is 59.4 Å². The molecule has 0 aromatic heterocycles. The molecule has 0 aliphatic rings. The summed E-state index contributed by atoms with van der Waals surface area (Å²) in [4.78, 5) is 28.4. The number of carbonyl (C=O) groups is 2. The zero-order chi connectivity index (χ0) is 27.7. The highest BCUT2D eigenvalue weighted by molar-refractivity contribution is 9.10. The SMILES string of the molecule is CCCCNC(=O)[C@H](C)N(Cc1cccc(Br)c1)C(=O)CN(c1cccc(Br)c1)S(=O)(=O)c1ccccc1. The van der Waals surface area contributed by atoms with Crippen molar-refractivity contribution < 1.29 is 18.0 Å². The van der Waals surface area contributed by atoms with Gasteiger partial charge >= 0.3 is 0 Å². The van der Waals surface area contributed by atoms with E-state index in [9.17, 15) is 18.0 Å². The minimum Gasteiger partial charge on any atom is -0.354 e. The number of rotatable bonds is 12. The molecule has 0 saturated carbocycles. The number of unbranched alkanes of at least 4 members (excludes halogenated alkanes) is 1. The van der Waals surface area contributed by atoms with Gasteiger partial charge in [-0.05, 0) is 61.4 Å². The van der Waals surface area contributed by atoms with E-state index < -0.39 is 28.5 Å². The summed E-state index contributed by atoms with van der Waals surface area (Å²) >= 11 is 6.85. The number of nitrogens with one attached hydrogen (secondary N) is 1. The van der Waals surface area contributed by atoms with Crippen LogP contribution in [-0.4, -0.2) is 44.3 Å². The van der Waals surface area contributed by atoms with Crippen LogP contribution in [0, 0.1) is 0 Å². The summed E-state index contributed by atoms with van der Waals surface area (Å²) in [5, 5.41) is 2.88. The van der Waals surface area contributed by atoms with Crippen molar-refractivity contribution in [2.75, 3.05) is 17.4 Å². The molecular formula is C28H31Br2N3O4S. The number of amides is 2. The second-order valence-electron chi connectivity index (χ2n) is 8.78. The number of anilines is 1. The van der Waals surface area contributed by atoms with Crippen molar-refractivity contribution in [3.05, 3.63) is 93.4 Å². The molecule has 0 aliphatic heterocycles. The van der Waals surface area contributed by atoms with E-state index in [1.807, 2.05) is 31.2 Å². The number of carbonyl (C=O) groups excluding carboxylic acids is 2. The lowest BCUT2D eigenvalue weighted by Gasteiger charge is -2.32. The topological polar surface area (TPSA) is 86.8 Å². The van der Waals surface area contributed by atoms with E-state index >= 15 is 0 Å². The van der Waals surface area contributed by atoms with Gasteiger partial charge in [0.25, 0.3) is 10.0 Å². The summed E-state index contributed by atoms with van der Waals surface area (Å²) in [5.41, 5.74) is 1.14. The van der Waals surface area contributed by atoms with Crippen LogP contribution in [0.25, 0.3) is 0 Å². The van der Waals surface area contributed by atoms with Crippen molar-refractivity contribution in [2.45, 2.75) is 44.2 Å². The summed E-state index contributed by atoms with van der Waals surface area (Å²) in [5.74, 6) is -0.788. The van der Waals surface area contributed by atoms with Crippen LogP contribution in [0.15, 0.2) is 92.7 Å². The quantitative estimate of drug-likeness (QED) is 0.250. The highest BCUT2D eigenvalue weighted by atomic mass is 79.9. The molecule has 0 aliphatic carbocycles. The second-order valence-corrected chi connectivity index (χ2v) is 12.5. The summed E-state index contributed by atoms with van der Waals surface area (Å²) in [6.07, 6.45) is 1.75. The molecule has 3 aromatic carbocycles. The Bertz CT molecular complexity index is 1350. The maximum Gasteiger partial charge on any atom is 0.264 e. The maximum atomic E-state index is 13.9. The number of nitrogens with zero attached hydrogens (tertiary/aromatic N) is 2. The van der Waals surface area contributed by atoms with E-state index in [2.05, 4.69) is 37.2 Å².